The molecule has 1 amide bonds. The molecule has 5 heteroatoms. The number of amides is 1. The van der Waals surface area contributed by atoms with E-state index in [1.54, 1.807) is 30.6 Å². The van der Waals surface area contributed by atoms with Gasteiger partial charge in [-0.2, -0.15) is 0 Å². The van der Waals surface area contributed by atoms with E-state index in [-0.39, 0.29) is 11.7 Å². The summed E-state index contributed by atoms with van der Waals surface area (Å²) in [5.41, 5.74) is 3.37. The third-order valence-electron chi connectivity index (χ3n) is 3.32. The first-order valence-corrected chi connectivity index (χ1v) is 6.71. The Morgan fingerprint density at radius 1 is 1.19 bits per heavy atom. The molecule has 106 valence electrons. The molecule has 21 heavy (non-hydrogen) atoms. The Morgan fingerprint density at radius 2 is 2.00 bits per heavy atom. The molecule has 3 N–H and O–H groups in total. The van der Waals surface area contributed by atoms with Gasteiger partial charge in [-0.3, -0.25) is 4.79 Å². The van der Waals surface area contributed by atoms with Gasteiger partial charge in [-0.05, 0) is 42.3 Å². The highest BCUT2D eigenvalue weighted by Gasteiger charge is 2.06. The van der Waals surface area contributed by atoms with Gasteiger partial charge in [-0.1, -0.05) is 12.1 Å². The minimum absolute atomic E-state index is 0.106. The number of hydrogen-bond acceptors (Lipinski definition) is 3. The van der Waals surface area contributed by atoms with Gasteiger partial charge in [0.2, 0.25) is 0 Å². The number of benzene rings is 2. The second-order valence-corrected chi connectivity index (χ2v) is 4.81. The number of imidazole rings is 1. The molecule has 0 fully saturated rings. The van der Waals surface area contributed by atoms with Crippen LogP contribution in [0.15, 0.2) is 48.8 Å². The van der Waals surface area contributed by atoms with Crippen molar-refractivity contribution < 1.29 is 9.90 Å². The van der Waals surface area contributed by atoms with Crippen LogP contribution in [0.4, 0.5) is 0 Å². The number of carbonyl (C=O) groups is 1. The first kappa shape index (κ1) is 13.2. The van der Waals surface area contributed by atoms with Crippen molar-refractivity contribution in [2.75, 3.05) is 6.54 Å². The minimum Gasteiger partial charge on any atom is -0.508 e. The molecule has 0 unspecified atom stereocenters. The van der Waals surface area contributed by atoms with E-state index in [9.17, 15) is 9.90 Å². The van der Waals surface area contributed by atoms with Gasteiger partial charge in [0.05, 0.1) is 17.4 Å². The highest BCUT2D eigenvalue weighted by atomic mass is 16.3. The van der Waals surface area contributed by atoms with Crippen LogP contribution in [-0.2, 0) is 6.42 Å². The fourth-order valence-electron chi connectivity index (χ4n) is 2.16. The first-order chi connectivity index (χ1) is 10.2. The smallest absolute Gasteiger partial charge is 0.251 e. The molecule has 3 rings (SSSR count). The predicted molar refractivity (Wildman–Crippen MR) is 80.2 cm³/mol. The third-order valence-corrected chi connectivity index (χ3v) is 3.32. The summed E-state index contributed by atoms with van der Waals surface area (Å²) in [7, 11) is 0. The number of nitrogens with zero attached hydrogens (tertiary/aromatic N) is 1. The topological polar surface area (TPSA) is 78.0 Å². The number of fused-ring (bicyclic) bond motifs is 1. The van der Waals surface area contributed by atoms with Gasteiger partial charge in [-0.25, -0.2) is 4.98 Å². The second kappa shape index (κ2) is 5.66. The highest BCUT2D eigenvalue weighted by Crippen LogP contribution is 2.12. The van der Waals surface area contributed by atoms with Crippen LogP contribution in [0.5, 0.6) is 5.75 Å². The van der Waals surface area contributed by atoms with E-state index in [4.69, 9.17) is 0 Å². The molecule has 0 atom stereocenters. The summed E-state index contributed by atoms with van der Waals surface area (Å²) in [5, 5.41) is 12.1. The van der Waals surface area contributed by atoms with Gasteiger partial charge in [-0.15, -0.1) is 0 Å². The van der Waals surface area contributed by atoms with E-state index in [2.05, 4.69) is 15.3 Å². The predicted octanol–water partition coefficient (Wildman–Crippen LogP) is 2.24. The SMILES string of the molecule is O=C(NCCc1ccc(O)cc1)c1ccc2nc[nH]c2c1. The molecular formula is C16H15N3O2. The standard InChI is InChI=1S/C16H15N3O2/c20-13-4-1-11(2-5-13)7-8-17-16(21)12-3-6-14-15(9-12)19-10-18-14/h1-6,9-10,20H,7-8H2,(H,17,21)(H,18,19). The quantitative estimate of drug-likeness (QED) is 0.686. The number of hydrogen-bond donors (Lipinski definition) is 3. The molecule has 0 saturated carbocycles. The number of aromatic hydroxyl groups is 1. The van der Waals surface area contributed by atoms with E-state index >= 15 is 0 Å². The van der Waals surface area contributed by atoms with E-state index < -0.39 is 0 Å². The van der Waals surface area contributed by atoms with Crippen molar-refractivity contribution in [1.82, 2.24) is 15.3 Å². The molecule has 0 bridgehead atoms. The maximum absolute atomic E-state index is 12.1. The monoisotopic (exact) mass is 281 g/mol. The van der Waals surface area contributed by atoms with Crippen molar-refractivity contribution in [2.45, 2.75) is 6.42 Å². The van der Waals surface area contributed by atoms with Gasteiger partial charge >= 0.3 is 0 Å². The zero-order chi connectivity index (χ0) is 14.7. The number of carbonyl (C=O) groups excluding carboxylic acids is 1. The number of phenolic OH excluding ortho intramolecular Hbond substituents is 1. The number of phenols is 1. The van der Waals surface area contributed by atoms with Crippen molar-refractivity contribution in [3.63, 3.8) is 0 Å². The zero-order valence-corrected chi connectivity index (χ0v) is 11.3. The van der Waals surface area contributed by atoms with E-state index in [1.165, 1.54) is 0 Å². The average Bonchev–Trinajstić information content (AvgIpc) is 2.96. The summed E-state index contributed by atoms with van der Waals surface area (Å²) in [4.78, 5) is 19.2. The van der Waals surface area contributed by atoms with Gasteiger partial charge < -0.3 is 15.4 Å². The Hall–Kier alpha value is -2.82. The normalized spacial score (nSPS) is 10.7. The van der Waals surface area contributed by atoms with Crippen molar-refractivity contribution in [3.05, 3.63) is 59.9 Å². The lowest BCUT2D eigenvalue weighted by atomic mass is 10.1. The van der Waals surface area contributed by atoms with Crippen LogP contribution in [0.1, 0.15) is 15.9 Å². The Kier molecular flexibility index (Phi) is 3.55. The third kappa shape index (κ3) is 3.02. The Balaban J connectivity index is 1.59. The maximum atomic E-state index is 12.1. The van der Waals surface area contributed by atoms with E-state index in [0.717, 1.165) is 23.0 Å². The van der Waals surface area contributed by atoms with E-state index in [0.29, 0.717) is 12.1 Å². The van der Waals surface area contributed by atoms with Crippen LogP contribution in [0, 0.1) is 0 Å². The Morgan fingerprint density at radius 3 is 2.81 bits per heavy atom. The molecule has 0 spiro atoms. The Bertz CT molecular complexity index is 763. The van der Waals surface area contributed by atoms with Crippen molar-refractivity contribution in [2.24, 2.45) is 0 Å². The maximum Gasteiger partial charge on any atom is 0.251 e. The van der Waals surface area contributed by atoms with Crippen LogP contribution in [0.3, 0.4) is 0 Å². The zero-order valence-electron chi connectivity index (χ0n) is 11.3. The van der Waals surface area contributed by atoms with Gasteiger partial charge in [0.15, 0.2) is 0 Å². The first-order valence-electron chi connectivity index (χ1n) is 6.71. The highest BCUT2D eigenvalue weighted by molar-refractivity contribution is 5.97. The molecule has 0 radical (unpaired) electrons. The van der Waals surface area contributed by atoms with Crippen LogP contribution >= 0.6 is 0 Å². The lowest BCUT2D eigenvalue weighted by molar-refractivity contribution is 0.0954. The molecule has 5 nitrogen and oxygen atoms in total. The summed E-state index contributed by atoms with van der Waals surface area (Å²) >= 11 is 0. The lowest BCUT2D eigenvalue weighted by Crippen LogP contribution is -2.25. The Labute approximate surface area is 121 Å². The van der Waals surface area contributed by atoms with Crippen molar-refractivity contribution in [3.8, 4) is 5.75 Å². The summed E-state index contributed by atoms with van der Waals surface area (Å²) in [6.45, 7) is 0.546. The molecule has 0 aliphatic rings. The number of rotatable bonds is 4. The average molecular weight is 281 g/mol. The van der Waals surface area contributed by atoms with E-state index in [1.807, 2.05) is 18.2 Å². The fraction of sp³-hybridized carbons (Fsp3) is 0.125. The largest absolute Gasteiger partial charge is 0.508 e. The van der Waals surface area contributed by atoms with Crippen molar-refractivity contribution >= 4 is 16.9 Å². The molecule has 0 aliphatic carbocycles. The number of aromatic amines is 1. The minimum atomic E-state index is -0.106. The summed E-state index contributed by atoms with van der Waals surface area (Å²) in [6.07, 6.45) is 2.33. The lowest BCUT2D eigenvalue weighted by Gasteiger charge is -2.05. The number of aromatic nitrogens is 2. The molecular weight excluding hydrogens is 266 g/mol. The van der Waals surface area contributed by atoms with Crippen LogP contribution in [0.2, 0.25) is 0 Å². The molecule has 0 aliphatic heterocycles. The van der Waals surface area contributed by atoms with Crippen molar-refractivity contribution in [1.29, 1.82) is 0 Å². The molecule has 2 aromatic carbocycles. The summed E-state index contributed by atoms with van der Waals surface area (Å²) in [6, 6.07) is 12.3. The second-order valence-electron chi connectivity index (χ2n) is 4.81. The van der Waals surface area contributed by atoms with Crippen LogP contribution < -0.4 is 5.32 Å². The molecule has 1 aromatic heterocycles. The molecule has 1 heterocycles. The molecule has 3 aromatic rings. The van der Waals surface area contributed by atoms with Crippen LogP contribution in [-0.4, -0.2) is 27.5 Å². The van der Waals surface area contributed by atoms with Gasteiger partial charge in [0.1, 0.15) is 5.75 Å². The van der Waals surface area contributed by atoms with Crippen LogP contribution in [0.25, 0.3) is 11.0 Å². The molecule has 0 saturated heterocycles. The fourth-order valence-corrected chi connectivity index (χ4v) is 2.16. The summed E-state index contributed by atoms with van der Waals surface area (Å²) in [5.74, 6) is 0.140. The number of nitrogens with one attached hydrogen (secondary N) is 2. The summed E-state index contributed by atoms with van der Waals surface area (Å²) < 4.78 is 0. The number of H-pyrrole nitrogens is 1. The van der Waals surface area contributed by atoms with Gasteiger partial charge in [0.25, 0.3) is 5.91 Å². The van der Waals surface area contributed by atoms with Gasteiger partial charge in [0, 0.05) is 12.1 Å².